The Hall–Kier alpha value is -3.41. The highest BCUT2D eigenvalue weighted by atomic mass is 16.7. The van der Waals surface area contributed by atoms with Crippen molar-refractivity contribution in [1.82, 2.24) is 10.6 Å². The maximum atomic E-state index is 13.7. The van der Waals surface area contributed by atoms with Crippen LogP contribution in [0.5, 0.6) is 5.75 Å². The van der Waals surface area contributed by atoms with E-state index in [2.05, 4.69) is 31.4 Å². The van der Waals surface area contributed by atoms with Gasteiger partial charge in [0.15, 0.2) is 0 Å². The lowest BCUT2D eigenvalue weighted by Gasteiger charge is -2.64. The van der Waals surface area contributed by atoms with Crippen LogP contribution in [-0.2, 0) is 47.8 Å². The molecule has 1 amide bonds. The Balaban J connectivity index is 1.30. The van der Waals surface area contributed by atoms with E-state index in [1.54, 1.807) is 12.1 Å². The monoisotopic (exact) mass is 690 g/mol. The van der Waals surface area contributed by atoms with Crippen LogP contribution in [0.3, 0.4) is 0 Å². The second kappa shape index (κ2) is 14.3. The van der Waals surface area contributed by atoms with E-state index in [0.717, 1.165) is 29.5 Å². The normalized spacial score (nSPS) is 24.4. The Labute approximate surface area is 297 Å². The van der Waals surface area contributed by atoms with Crippen LogP contribution in [0.1, 0.15) is 102 Å². The number of carbonyl (C=O) groups excluding carboxylic acids is 3. The molecule has 5 atom stereocenters. The van der Waals surface area contributed by atoms with Crippen molar-refractivity contribution in [2.45, 2.75) is 123 Å². The van der Waals surface area contributed by atoms with Crippen LogP contribution in [0, 0.1) is 17.3 Å². The highest BCUT2D eigenvalue weighted by Crippen LogP contribution is 2.65. The summed E-state index contributed by atoms with van der Waals surface area (Å²) in [4.78, 5) is 38.8. The van der Waals surface area contributed by atoms with Crippen LogP contribution in [-0.4, -0.2) is 67.5 Å². The first-order chi connectivity index (χ1) is 23.3. The Morgan fingerprint density at radius 2 is 1.60 bits per heavy atom. The molecule has 1 heterocycles. The summed E-state index contributed by atoms with van der Waals surface area (Å²) in [6, 6.07) is 13.1. The number of hydrogen-bond acceptors (Lipinski definition) is 9. The number of methoxy groups -OCH3 is 1. The average Bonchev–Trinajstić information content (AvgIpc) is 3.37. The van der Waals surface area contributed by atoms with Crippen molar-refractivity contribution in [2.24, 2.45) is 17.3 Å². The fourth-order valence-corrected chi connectivity index (χ4v) is 7.91. The van der Waals surface area contributed by atoms with E-state index >= 15 is 0 Å². The summed E-state index contributed by atoms with van der Waals surface area (Å²) in [7, 11) is 0.849. The zero-order chi connectivity index (χ0) is 36.6. The van der Waals surface area contributed by atoms with Crippen molar-refractivity contribution >= 4 is 25.0 Å². The van der Waals surface area contributed by atoms with Crippen molar-refractivity contribution in [3.8, 4) is 5.75 Å². The second-order valence-corrected chi connectivity index (χ2v) is 16.9. The van der Waals surface area contributed by atoms with Crippen LogP contribution >= 0.6 is 0 Å². The molecule has 3 aliphatic carbocycles. The number of amides is 1. The van der Waals surface area contributed by atoms with Crippen LogP contribution in [0.4, 0.5) is 0 Å². The van der Waals surface area contributed by atoms with Crippen LogP contribution in [0.2, 0.25) is 0 Å². The first-order valence-corrected chi connectivity index (χ1v) is 17.8. The van der Waals surface area contributed by atoms with Crippen molar-refractivity contribution in [3.05, 3.63) is 64.7 Å². The standard InChI is InChI=1S/C39H55BN2O8/c1-36(2,3)47-33(44)23-41-22-25-16-14-24(15-17-25)18-32(43)42-31(40-49-30-21-27-20-29(38(27,7)8)39(30,9)50-40)19-26-12-11-13-28(34(26)46-10)35(45)48-37(4,5)6/h11-17,27,29-31,41H,18-23H2,1-10H3,(H,42,43). The van der Waals surface area contributed by atoms with E-state index in [1.165, 1.54) is 7.11 Å². The quantitative estimate of drug-likeness (QED) is 0.216. The van der Waals surface area contributed by atoms with E-state index in [1.807, 2.05) is 71.9 Å². The summed E-state index contributed by atoms with van der Waals surface area (Å²) in [5.41, 5.74) is 1.40. The molecule has 2 aromatic rings. The van der Waals surface area contributed by atoms with Gasteiger partial charge in [-0.05, 0) is 108 Å². The number of para-hydroxylation sites is 1. The topological polar surface area (TPSA) is 121 Å². The average molecular weight is 691 g/mol. The van der Waals surface area contributed by atoms with Gasteiger partial charge in [0.2, 0.25) is 5.91 Å². The number of ether oxygens (including phenoxy) is 3. The molecule has 4 aliphatic rings. The number of hydrogen-bond donors (Lipinski definition) is 2. The summed E-state index contributed by atoms with van der Waals surface area (Å²) < 4.78 is 30.3. The van der Waals surface area contributed by atoms with E-state index < -0.39 is 35.8 Å². The molecule has 2 bridgehead atoms. The fourth-order valence-electron chi connectivity index (χ4n) is 7.91. The zero-order valence-corrected chi connectivity index (χ0v) is 31.4. The third-order valence-corrected chi connectivity index (χ3v) is 10.4. The molecule has 3 saturated carbocycles. The third kappa shape index (κ3) is 8.54. The fraction of sp³-hybridized carbons (Fsp3) is 0.615. The van der Waals surface area contributed by atoms with Gasteiger partial charge in [0.1, 0.15) is 22.5 Å². The molecular weight excluding hydrogens is 635 g/mol. The van der Waals surface area contributed by atoms with Gasteiger partial charge in [0.05, 0.1) is 37.7 Å². The number of rotatable bonds is 12. The van der Waals surface area contributed by atoms with Crippen molar-refractivity contribution in [1.29, 1.82) is 0 Å². The molecule has 1 saturated heterocycles. The molecule has 6 rings (SSSR count). The van der Waals surface area contributed by atoms with Crippen molar-refractivity contribution < 1.29 is 37.9 Å². The molecule has 5 unspecified atom stereocenters. The van der Waals surface area contributed by atoms with Crippen molar-refractivity contribution in [2.75, 3.05) is 13.7 Å². The first-order valence-electron chi connectivity index (χ1n) is 17.8. The van der Waals surface area contributed by atoms with Gasteiger partial charge in [-0.3, -0.25) is 9.59 Å². The molecular formula is C39H55BN2O8. The summed E-state index contributed by atoms with van der Waals surface area (Å²) in [5.74, 6) is -0.159. The predicted octanol–water partition coefficient (Wildman–Crippen LogP) is 5.62. The molecule has 2 N–H and O–H groups in total. The van der Waals surface area contributed by atoms with E-state index in [-0.39, 0.29) is 36.4 Å². The van der Waals surface area contributed by atoms with E-state index in [9.17, 15) is 14.4 Å². The number of benzene rings is 2. The highest BCUT2D eigenvalue weighted by Gasteiger charge is 2.68. The Morgan fingerprint density at radius 3 is 2.22 bits per heavy atom. The maximum absolute atomic E-state index is 13.7. The lowest BCUT2D eigenvalue weighted by Crippen LogP contribution is -2.65. The summed E-state index contributed by atoms with van der Waals surface area (Å²) in [5, 5.41) is 6.34. The minimum Gasteiger partial charge on any atom is -0.496 e. The maximum Gasteiger partial charge on any atom is 0.482 e. The number of carbonyl (C=O) groups is 3. The van der Waals surface area contributed by atoms with Crippen LogP contribution in [0.25, 0.3) is 0 Å². The molecule has 272 valence electrons. The third-order valence-electron chi connectivity index (χ3n) is 10.4. The molecule has 2 aromatic carbocycles. The van der Waals surface area contributed by atoms with E-state index in [4.69, 9.17) is 23.5 Å². The molecule has 0 aromatic heterocycles. The Kier molecular flexibility index (Phi) is 10.8. The van der Waals surface area contributed by atoms with Gasteiger partial charge in [0.25, 0.3) is 0 Å². The molecule has 1 aliphatic heterocycles. The van der Waals surface area contributed by atoms with Gasteiger partial charge in [-0.2, -0.15) is 0 Å². The van der Waals surface area contributed by atoms with Crippen LogP contribution in [0.15, 0.2) is 42.5 Å². The minimum atomic E-state index is -0.683. The Bertz CT molecular complexity index is 1560. The second-order valence-electron chi connectivity index (χ2n) is 16.9. The van der Waals surface area contributed by atoms with Gasteiger partial charge in [0, 0.05) is 6.54 Å². The molecule has 11 heteroatoms. The number of nitrogens with one attached hydrogen (secondary N) is 2. The molecule has 50 heavy (non-hydrogen) atoms. The lowest BCUT2D eigenvalue weighted by molar-refractivity contribution is -0.199. The Morgan fingerprint density at radius 1 is 0.940 bits per heavy atom. The minimum absolute atomic E-state index is 0.0601. The molecule has 0 spiro atoms. The highest BCUT2D eigenvalue weighted by molar-refractivity contribution is 6.48. The predicted molar refractivity (Wildman–Crippen MR) is 192 cm³/mol. The van der Waals surface area contributed by atoms with Gasteiger partial charge < -0.3 is 34.2 Å². The molecule has 10 nitrogen and oxygen atoms in total. The van der Waals surface area contributed by atoms with Gasteiger partial charge in [-0.25, -0.2) is 4.79 Å². The van der Waals surface area contributed by atoms with Gasteiger partial charge in [-0.1, -0.05) is 50.2 Å². The SMILES string of the molecule is COc1c(CC(NC(=O)Cc2ccc(CNCC(=O)OC(C)(C)C)cc2)B2OC3CC4CC(C4(C)C)C3(C)O2)cccc1C(=O)OC(C)(C)C. The molecule has 4 fully saturated rings. The van der Waals surface area contributed by atoms with E-state index in [0.29, 0.717) is 36.1 Å². The number of esters is 2. The summed E-state index contributed by atoms with van der Waals surface area (Å²) >= 11 is 0. The van der Waals surface area contributed by atoms with Gasteiger partial charge in [-0.15, -0.1) is 0 Å². The molecule has 0 radical (unpaired) electrons. The zero-order valence-electron chi connectivity index (χ0n) is 31.4. The summed E-state index contributed by atoms with van der Waals surface area (Å²) in [6.45, 7) is 18.4. The summed E-state index contributed by atoms with van der Waals surface area (Å²) in [6.07, 6.45) is 2.45. The first kappa shape index (κ1) is 37.8. The smallest absolute Gasteiger partial charge is 0.482 e. The lowest BCUT2D eigenvalue weighted by atomic mass is 9.43. The van der Waals surface area contributed by atoms with Gasteiger partial charge >= 0.3 is 19.1 Å². The van der Waals surface area contributed by atoms with Crippen molar-refractivity contribution in [3.63, 3.8) is 0 Å². The van der Waals surface area contributed by atoms with Crippen LogP contribution < -0.4 is 15.4 Å². The largest absolute Gasteiger partial charge is 0.496 e.